The highest BCUT2D eigenvalue weighted by atomic mass is 32.1. The van der Waals surface area contributed by atoms with E-state index in [2.05, 4.69) is 10.3 Å². The average molecular weight is 317 g/mol. The lowest BCUT2D eigenvalue weighted by molar-refractivity contribution is -0.121. The molecule has 1 aromatic heterocycles. The van der Waals surface area contributed by atoms with Crippen LogP contribution in [0.3, 0.4) is 0 Å². The lowest BCUT2D eigenvalue weighted by atomic mass is 10.2. The van der Waals surface area contributed by atoms with E-state index in [1.54, 1.807) is 11.1 Å². The van der Waals surface area contributed by atoms with E-state index < -0.39 is 0 Å². The van der Waals surface area contributed by atoms with Crippen molar-refractivity contribution >= 4 is 34.0 Å². The van der Waals surface area contributed by atoms with Gasteiger partial charge in [0.2, 0.25) is 5.91 Å². The molecule has 0 aliphatic carbocycles. The maximum absolute atomic E-state index is 12.0. The van der Waals surface area contributed by atoms with Crippen LogP contribution >= 0.6 is 11.3 Å². The molecule has 114 valence electrons. The Morgan fingerprint density at radius 2 is 2.27 bits per heavy atom. The first kappa shape index (κ1) is 14.5. The van der Waals surface area contributed by atoms with Crippen molar-refractivity contribution in [3.63, 3.8) is 0 Å². The Morgan fingerprint density at radius 3 is 3.05 bits per heavy atom. The molecule has 0 unspecified atom stereocenters. The number of hydrogen-bond acceptors (Lipinski definition) is 5. The van der Waals surface area contributed by atoms with Gasteiger partial charge in [-0.15, -0.1) is 11.3 Å². The summed E-state index contributed by atoms with van der Waals surface area (Å²) in [5, 5.41) is 3.32. The van der Waals surface area contributed by atoms with Crippen molar-refractivity contribution in [1.29, 1.82) is 0 Å². The molecule has 7 heteroatoms. The number of para-hydroxylation sites is 2. The van der Waals surface area contributed by atoms with Gasteiger partial charge >= 0.3 is 0 Å². The van der Waals surface area contributed by atoms with Gasteiger partial charge in [-0.05, 0) is 19.1 Å². The predicted molar refractivity (Wildman–Crippen MR) is 84.4 cm³/mol. The van der Waals surface area contributed by atoms with E-state index >= 15 is 0 Å². The van der Waals surface area contributed by atoms with E-state index in [0.717, 1.165) is 4.88 Å². The largest absolute Gasteiger partial charge is 0.482 e. The molecule has 0 spiro atoms. The van der Waals surface area contributed by atoms with Gasteiger partial charge < -0.3 is 15.0 Å². The number of aromatic nitrogens is 1. The first-order valence-corrected chi connectivity index (χ1v) is 7.69. The molecular weight excluding hydrogens is 302 g/mol. The number of aryl methyl sites for hydroxylation is 1. The zero-order valence-electron chi connectivity index (χ0n) is 12.0. The summed E-state index contributed by atoms with van der Waals surface area (Å²) in [6, 6.07) is 7.32. The van der Waals surface area contributed by atoms with Gasteiger partial charge in [-0.3, -0.25) is 9.59 Å². The van der Waals surface area contributed by atoms with Crippen LogP contribution in [-0.2, 0) is 9.59 Å². The summed E-state index contributed by atoms with van der Waals surface area (Å²) in [6.45, 7) is 2.25. The van der Waals surface area contributed by atoms with Crippen LogP contribution in [0, 0.1) is 6.92 Å². The van der Waals surface area contributed by atoms with Crippen molar-refractivity contribution in [1.82, 2.24) is 4.98 Å². The number of hydrogen-bond donors (Lipinski definition) is 1. The van der Waals surface area contributed by atoms with Crippen LogP contribution in [-0.4, -0.2) is 29.9 Å². The number of carbonyl (C=O) groups excluding carboxylic acids is 2. The summed E-state index contributed by atoms with van der Waals surface area (Å²) in [7, 11) is 0. The lowest BCUT2D eigenvalue weighted by Gasteiger charge is -2.29. The highest BCUT2D eigenvalue weighted by Gasteiger charge is 2.25. The van der Waals surface area contributed by atoms with Crippen LogP contribution in [0.2, 0.25) is 0 Å². The van der Waals surface area contributed by atoms with Crippen LogP contribution in [0.1, 0.15) is 11.3 Å². The fraction of sp³-hybridized carbons (Fsp3) is 0.267. The van der Waals surface area contributed by atoms with Gasteiger partial charge in [-0.1, -0.05) is 12.1 Å². The molecular formula is C15H15N3O3S. The molecule has 1 aliphatic rings. The minimum Gasteiger partial charge on any atom is -0.482 e. The Kier molecular flexibility index (Phi) is 4.06. The zero-order valence-corrected chi connectivity index (χ0v) is 12.9. The summed E-state index contributed by atoms with van der Waals surface area (Å²) in [5.74, 6) is 0.362. The van der Waals surface area contributed by atoms with Gasteiger partial charge in [0.05, 0.1) is 5.69 Å². The Morgan fingerprint density at radius 1 is 1.45 bits per heavy atom. The third kappa shape index (κ3) is 3.09. The second-order valence-electron chi connectivity index (χ2n) is 4.88. The third-order valence-electron chi connectivity index (χ3n) is 3.24. The van der Waals surface area contributed by atoms with Crippen molar-refractivity contribution in [3.05, 3.63) is 35.3 Å². The fourth-order valence-corrected chi connectivity index (χ4v) is 2.89. The van der Waals surface area contributed by atoms with Crippen molar-refractivity contribution in [2.24, 2.45) is 0 Å². The molecule has 0 atom stereocenters. The van der Waals surface area contributed by atoms with Crippen molar-refractivity contribution in [2.75, 3.05) is 23.4 Å². The van der Waals surface area contributed by atoms with E-state index in [1.807, 2.05) is 31.2 Å². The molecule has 0 radical (unpaired) electrons. The Labute approximate surface area is 131 Å². The number of nitrogens with one attached hydrogen (secondary N) is 1. The number of ether oxygens (including phenoxy) is 1. The van der Waals surface area contributed by atoms with Gasteiger partial charge in [0, 0.05) is 24.0 Å². The standard InChI is InChI=1S/C15H15N3O3S/c1-10-8-16-15(22-10)17-13(19)6-7-18-11-4-2-3-5-12(11)21-9-14(18)20/h2-5,8H,6-7,9H2,1H3,(H,16,17,19). The fourth-order valence-electron chi connectivity index (χ4n) is 2.21. The van der Waals surface area contributed by atoms with Crippen LogP contribution in [0.4, 0.5) is 10.8 Å². The molecule has 2 aromatic rings. The quantitative estimate of drug-likeness (QED) is 0.938. The van der Waals surface area contributed by atoms with E-state index in [4.69, 9.17) is 4.74 Å². The lowest BCUT2D eigenvalue weighted by Crippen LogP contribution is -2.40. The maximum atomic E-state index is 12.0. The molecule has 22 heavy (non-hydrogen) atoms. The van der Waals surface area contributed by atoms with Crippen LogP contribution < -0.4 is 15.0 Å². The Hall–Kier alpha value is -2.41. The van der Waals surface area contributed by atoms with Gasteiger partial charge in [0.1, 0.15) is 5.75 Å². The Bertz CT molecular complexity index is 714. The van der Waals surface area contributed by atoms with Crippen LogP contribution in [0.5, 0.6) is 5.75 Å². The number of nitrogens with zero attached hydrogens (tertiary/aromatic N) is 2. The van der Waals surface area contributed by atoms with Crippen molar-refractivity contribution < 1.29 is 14.3 Å². The first-order chi connectivity index (χ1) is 10.6. The molecule has 1 N–H and O–H groups in total. The second-order valence-corrected chi connectivity index (χ2v) is 6.11. The molecule has 3 rings (SSSR count). The number of fused-ring (bicyclic) bond motifs is 1. The smallest absolute Gasteiger partial charge is 0.265 e. The number of thiazole rings is 1. The number of anilines is 2. The van der Waals surface area contributed by atoms with E-state index in [9.17, 15) is 9.59 Å². The molecule has 2 amide bonds. The molecule has 0 fully saturated rings. The molecule has 0 saturated carbocycles. The molecule has 2 heterocycles. The SMILES string of the molecule is Cc1cnc(NC(=O)CCN2C(=O)COc3ccccc32)s1. The highest BCUT2D eigenvalue weighted by molar-refractivity contribution is 7.15. The molecule has 6 nitrogen and oxygen atoms in total. The Balaban J connectivity index is 1.63. The number of carbonyl (C=O) groups is 2. The summed E-state index contributed by atoms with van der Waals surface area (Å²) in [5.41, 5.74) is 0.705. The summed E-state index contributed by atoms with van der Waals surface area (Å²) >= 11 is 1.42. The maximum Gasteiger partial charge on any atom is 0.265 e. The van der Waals surface area contributed by atoms with Crippen molar-refractivity contribution in [2.45, 2.75) is 13.3 Å². The summed E-state index contributed by atoms with van der Waals surface area (Å²) in [6.07, 6.45) is 1.92. The molecule has 0 saturated heterocycles. The monoisotopic (exact) mass is 317 g/mol. The normalized spacial score (nSPS) is 13.5. The van der Waals surface area contributed by atoms with Gasteiger partial charge in [-0.25, -0.2) is 4.98 Å². The van der Waals surface area contributed by atoms with Gasteiger partial charge in [0.15, 0.2) is 11.7 Å². The average Bonchev–Trinajstić information content (AvgIpc) is 2.91. The van der Waals surface area contributed by atoms with Crippen LogP contribution in [0.15, 0.2) is 30.5 Å². The number of amides is 2. The van der Waals surface area contributed by atoms with Crippen molar-refractivity contribution in [3.8, 4) is 5.75 Å². The van der Waals surface area contributed by atoms with E-state index in [-0.39, 0.29) is 24.8 Å². The minimum atomic E-state index is -0.161. The van der Waals surface area contributed by atoms with Crippen LogP contribution in [0.25, 0.3) is 0 Å². The van der Waals surface area contributed by atoms with Gasteiger partial charge in [-0.2, -0.15) is 0 Å². The topological polar surface area (TPSA) is 71.5 Å². The number of benzene rings is 1. The highest BCUT2D eigenvalue weighted by Crippen LogP contribution is 2.31. The van der Waals surface area contributed by atoms with E-state index in [0.29, 0.717) is 23.1 Å². The molecule has 1 aliphatic heterocycles. The van der Waals surface area contributed by atoms with Gasteiger partial charge in [0.25, 0.3) is 5.91 Å². The second kappa shape index (κ2) is 6.15. The third-order valence-corrected chi connectivity index (χ3v) is 4.07. The zero-order chi connectivity index (χ0) is 15.5. The summed E-state index contributed by atoms with van der Waals surface area (Å²) in [4.78, 5) is 30.7. The predicted octanol–water partition coefficient (Wildman–Crippen LogP) is 2.21. The molecule has 0 bridgehead atoms. The van der Waals surface area contributed by atoms with E-state index in [1.165, 1.54) is 11.3 Å². The number of rotatable bonds is 4. The summed E-state index contributed by atoms with van der Waals surface area (Å²) < 4.78 is 5.37. The minimum absolute atomic E-state index is 0.00427. The molecule has 1 aromatic carbocycles. The first-order valence-electron chi connectivity index (χ1n) is 6.88.